The Morgan fingerprint density at radius 1 is 0.972 bits per heavy atom. The van der Waals surface area contributed by atoms with Gasteiger partial charge in [-0.05, 0) is 68.7 Å². The van der Waals surface area contributed by atoms with Crippen LogP contribution in [0.4, 0.5) is 13.2 Å². The third kappa shape index (κ3) is 5.28. The van der Waals surface area contributed by atoms with E-state index in [9.17, 15) is 27.9 Å². The van der Waals surface area contributed by atoms with Gasteiger partial charge >= 0.3 is 6.18 Å². The number of carbonyl (C=O) groups is 2. The Bertz CT molecular complexity index is 1070. The van der Waals surface area contributed by atoms with Crippen LogP contribution in [0, 0.1) is 0 Å². The van der Waals surface area contributed by atoms with E-state index < -0.39 is 11.8 Å². The Balaban J connectivity index is 1.51. The van der Waals surface area contributed by atoms with Crippen LogP contribution in [0.15, 0.2) is 54.6 Å². The molecule has 2 fully saturated rings. The fourth-order valence-electron chi connectivity index (χ4n) is 5.32. The van der Waals surface area contributed by atoms with Crippen molar-refractivity contribution >= 4 is 11.8 Å². The zero-order valence-electron chi connectivity index (χ0n) is 20.6. The van der Waals surface area contributed by atoms with Gasteiger partial charge in [0.25, 0.3) is 5.91 Å². The minimum Gasteiger partial charge on any atom is -0.376 e. The molecule has 36 heavy (non-hydrogen) atoms. The van der Waals surface area contributed by atoms with E-state index in [2.05, 4.69) is 17.4 Å². The molecule has 5 nitrogen and oxygen atoms in total. The first-order valence-electron chi connectivity index (χ1n) is 12.5. The molecule has 0 radical (unpaired) electrons. The van der Waals surface area contributed by atoms with Crippen molar-refractivity contribution in [3.63, 3.8) is 0 Å². The summed E-state index contributed by atoms with van der Waals surface area (Å²) < 4.78 is 39.6. The summed E-state index contributed by atoms with van der Waals surface area (Å²) in [5.41, 5.74) is -1.99. The fraction of sp³-hybridized carbons (Fsp3) is 0.500. The van der Waals surface area contributed by atoms with Gasteiger partial charge in [0.2, 0.25) is 5.91 Å². The average Bonchev–Trinajstić information content (AvgIpc) is 3.69. The molecule has 4 rings (SSSR count). The van der Waals surface area contributed by atoms with Crippen LogP contribution in [0.2, 0.25) is 0 Å². The highest BCUT2D eigenvalue weighted by Gasteiger charge is 2.51. The number of rotatable bonds is 7. The quantitative estimate of drug-likeness (QED) is 0.555. The lowest BCUT2D eigenvalue weighted by molar-refractivity contribution is -0.258. The molecule has 1 atom stereocenters. The lowest BCUT2D eigenvalue weighted by Gasteiger charge is -2.44. The van der Waals surface area contributed by atoms with E-state index in [-0.39, 0.29) is 34.9 Å². The summed E-state index contributed by atoms with van der Waals surface area (Å²) in [4.78, 5) is 27.1. The predicted molar refractivity (Wildman–Crippen MR) is 130 cm³/mol. The zero-order chi connectivity index (χ0) is 26.1. The number of nitrogens with one attached hydrogen (secondary N) is 1. The van der Waals surface area contributed by atoms with Crippen LogP contribution in [0.1, 0.15) is 73.9 Å². The van der Waals surface area contributed by atoms with Crippen molar-refractivity contribution in [3.8, 4) is 0 Å². The number of nitrogens with zero attached hydrogens (tertiary/aromatic N) is 1. The van der Waals surface area contributed by atoms with Crippen molar-refractivity contribution in [2.45, 2.75) is 81.6 Å². The minimum absolute atomic E-state index is 0.0251. The van der Waals surface area contributed by atoms with Crippen LogP contribution >= 0.6 is 0 Å². The third-order valence-electron chi connectivity index (χ3n) is 7.79. The zero-order valence-corrected chi connectivity index (χ0v) is 20.6. The van der Waals surface area contributed by atoms with Gasteiger partial charge < -0.3 is 15.3 Å². The molecular weight excluding hydrogens is 469 g/mol. The van der Waals surface area contributed by atoms with Gasteiger partial charge in [-0.1, -0.05) is 42.5 Å². The first-order chi connectivity index (χ1) is 16.9. The smallest absolute Gasteiger partial charge is 0.376 e. The third-order valence-corrected chi connectivity index (χ3v) is 7.79. The Morgan fingerprint density at radius 3 is 2.03 bits per heavy atom. The summed E-state index contributed by atoms with van der Waals surface area (Å²) in [5, 5.41) is 12.9. The number of alkyl halides is 3. The summed E-state index contributed by atoms with van der Waals surface area (Å²) >= 11 is 0. The molecule has 2 aromatic carbocycles. The average molecular weight is 503 g/mol. The summed E-state index contributed by atoms with van der Waals surface area (Å²) in [6.07, 6.45) is 0.188. The summed E-state index contributed by atoms with van der Waals surface area (Å²) in [6.45, 7) is 2.76. The molecule has 8 heteroatoms. The van der Waals surface area contributed by atoms with E-state index in [4.69, 9.17) is 0 Å². The molecule has 0 spiro atoms. The number of amides is 2. The highest BCUT2D eigenvalue weighted by molar-refractivity contribution is 5.95. The van der Waals surface area contributed by atoms with Crippen LogP contribution in [0.3, 0.4) is 0 Å². The Labute approximate surface area is 209 Å². The molecule has 0 aromatic heterocycles. The summed E-state index contributed by atoms with van der Waals surface area (Å²) in [7, 11) is 0. The molecular formula is C28H33F3N2O3. The largest absolute Gasteiger partial charge is 0.421 e. The monoisotopic (exact) mass is 502 g/mol. The predicted octanol–water partition coefficient (Wildman–Crippen LogP) is 5.08. The van der Waals surface area contributed by atoms with Gasteiger partial charge in [-0.3, -0.25) is 9.59 Å². The van der Waals surface area contributed by atoms with E-state index in [0.717, 1.165) is 38.5 Å². The van der Waals surface area contributed by atoms with Crippen molar-refractivity contribution in [1.29, 1.82) is 0 Å². The van der Waals surface area contributed by atoms with Crippen molar-refractivity contribution in [1.82, 2.24) is 10.2 Å². The van der Waals surface area contributed by atoms with E-state index in [0.29, 0.717) is 19.0 Å². The molecule has 2 aliphatic rings. The van der Waals surface area contributed by atoms with E-state index in [1.165, 1.54) is 36.8 Å². The molecule has 0 bridgehead atoms. The number of halogens is 3. The van der Waals surface area contributed by atoms with Crippen LogP contribution < -0.4 is 5.32 Å². The molecule has 194 valence electrons. The van der Waals surface area contributed by atoms with Crippen molar-refractivity contribution in [2.75, 3.05) is 6.54 Å². The lowest BCUT2D eigenvalue weighted by Crippen LogP contribution is -2.49. The van der Waals surface area contributed by atoms with Crippen molar-refractivity contribution in [3.05, 3.63) is 71.3 Å². The minimum atomic E-state index is -4.82. The Morgan fingerprint density at radius 2 is 1.53 bits per heavy atom. The van der Waals surface area contributed by atoms with Gasteiger partial charge in [0, 0.05) is 36.5 Å². The molecule has 2 amide bonds. The SMILES string of the molecule is CC(=O)NC[C@]1(c2ccccc2)CC[C@@H](N(C(=O)c2ccc([C@](C)(O)C(F)(F)F)cc2)C2CC2)CC1. The molecule has 2 saturated carbocycles. The van der Waals surface area contributed by atoms with Gasteiger partial charge in [0.05, 0.1) is 0 Å². The standard InChI is InChI=1S/C28H33F3N2O3/c1-19(34)32-18-27(22-6-4-3-5-7-22)16-14-24(15-17-27)33(23-12-13-23)25(35)20-8-10-21(11-9-20)26(2,36)28(29,30)31/h3-11,23-24,36H,12-18H2,1-2H3,(H,32,34)/t24-,26-,27+/m0/s1. The molecule has 2 aliphatic carbocycles. The van der Waals surface area contributed by atoms with Crippen molar-refractivity contribution in [2.24, 2.45) is 0 Å². The van der Waals surface area contributed by atoms with Gasteiger partial charge in [-0.25, -0.2) is 0 Å². The van der Waals surface area contributed by atoms with Crippen molar-refractivity contribution < 1.29 is 27.9 Å². The maximum Gasteiger partial charge on any atom is 0.421 e. The molecule has 0 saturated heterocycles. The topological polar surface area (TPSA) is 69.6 Å². The first-order valence-corrected chi connectivity index (χ1v) is 12.5. The number of hydrogen-bond donors (Lipinski definition) is 2. The molecule has 0 unspecified atom stereocenters. The fourth-order valence-corrected chi connectivity index (χ4v) is 5.32. The van der Waals surface area contributed by atoms with Gasteiger partial charge in [-0.15, -0.1) is 0 Å². The van der Waals surface area contributed by atoms with Crippen LogP contribution in [0.25, 0.3) is 0 Å². The Kier molecular flexibility index (Phi) is 7.19. The maximum absolute atomic E-state index is 13.5. The highest BCUT2D eigenvalue weighted by Crippen LogP contribution is 2.43. The molecule has 0 heterocycles. The van der Waals surface area contributed by atoms with Crippen LogP contribution in [-0.4, -0.2) is 46.6 Å². The second-order valence-corrected chi connectivity index (χ2v) is 10.4. The molecule has 2 aromatic rings. The second-order valence-electron chi connectivity index (χ2n) is 10.4. The lowest BCUT2D eigenvalue weighted by atomic mass is 9.67. The van der Waals surface area contributed by atoms with E-state index in [1.807, 2.05) is 23.1 Å². The molecule has 0 aliphatic heterocycles. The number of benzene rings is 2. The van der Waals surface area contributed by atoms with E-state index >= 15 is 0 Å². The maximum atomic E-state index is 13.5. The summed E-state index contributed by atoms with van der Waals surface area (Å²) in [6, 6.07) is 15.4. The Hall–Kier alpha value is -2.87. The first kappa shape index (κ1) is 26.2. The van der Waals surface area contributed by atoms with Crippen LogP contribution in [-0.2, 0) is 15.8 Å². The number of hydrogen-bond acceptors (Lipinski definition) is 3. The van der Waals surface area contributed by atoms with Gasteiger partial charge in [0.15, 0.2) is 5.60 Å². The van der Waals surface area contributed by atoms with Gasteiger partial charge in [0.1, 0.15) is 0 Å². The van der Waals surface area contributed by atoms with E-state index in [1.54, 1.807) is 0 Å². The number of aliphatic hydroxyl groups is 1. The summed E-state index contributed by atoms with van der Waals surface area (Å²) in [5.74, 6) is -0.259. The normalized spacial score (nSPS) is 24.0. The molecule has 2 N–H and O–H groups in total. The second kappa shape index (κ2) is 9.88. The number of carbonyl (C=O) groups excluding carboxylic acids is 2. The van der Waals surface area contributed by atoms with Crippen LogP contribution in [0.5, 0.6) is 0 Å². The van der Waals surface area contributed by atoms with Gasteiger partial charge in [-0.2, -0.15) is 13.2 Å². The highest BCUT2D eigenvalue weighted by atomic mass is 19.4.